The second-order valence-corrected chi connectivity index (χ2v) is 5.00. The highest BCUT2D eigenvalue weighted by molar-refractivity contribution is 6.35. The summed E-state index contributed by atoms with van der Waals surface area (Å²) in [5.74, 6) is 0. The monoisotopic (exact) mass is 250 g/mol. The Hall–Kier alpha value is -0.990. The predicted molar refractivity (Wildman–Crippen MR) is 74.6 cm³/mol. The minimum atomic E-state index is 0.494. The molecule has 0 radical (unpaired) electrons. The SMILES string of the molecule is CCn1c(CNC(C)C)cc2c(Cl)cccc21. The second kappa shape index (κ2) is 5.11. The van der Waals surface area contributed by atoms with Crippen LogP contribution in [0.4, 0.5) is 0 Å². The molecule has 2 rings (SSSR count). The maximum atomic E-state index is 6.23. The predicted octanol–water partition coefficient (Wildman–Crippen LogP) is 3.81. The molecule has 0 aliphatic rings. The number of halogens is 1. The Morgan fingerprint density at radius 1 is 1.35 bits per heavy atom. The number of fused-ring (bicyclic) bond motifs is 1. The van der Waals surface area contributed by atoms with Crippen molar-refractivity contribution in [1.29, 1.82) is 0 Å². The van der Waals surface area contributed by atoms with E-state index in [9.17, 15) is 0 Å². The Kier molecular flexibility index (Phi) is 3.75. The topological polar surface area (TPSA) is 17.0 Å². The quantitative estimate of drug-likeness (QED) is 0.873. The largest absolute Gasteiger partial charge is 0.344 e. The van der Waals surface area contributed by atoms with Gasteiger partial charge in [0.1, 0.15) is 0 Å². The third-order valence-electron chi connectivity index (χ3n) is 2.99. The third kappa shape index (κ3) is 2.48. The van der Waals surface area contributed by atoms with Gasteiger partial charge in [-0.3, -0.25) is 0 Å². The summed E-state index contributed by atoms with van der Waals surface area (Å²) in [5.41, 5.74) is 2.52. The Balaban J connectivity index is 2.44. The van der Waals surface area contributed by atoms with Crippen molar-refractivity contribution >= 4 is 22.5 Å². The van der Waals surface area contributed by atoms with Gasteiger partial charge >= 0.3 is 0 Å². The number of hydrogen-bond donors (Lipinski definition) is 1. The maximum Gasteiger partial charge on any atom is 0.0499 e. The molecule has 2 aromatic rings. The number of aromatic nitrogens is 1. The second-order valence-electron chi connectivity index (χ2n) is 4.59. The number of benzene rings is 1. The highest BCUT2D eigenvalue weighted by atomic mass is 35.5. The first-order chi connectivity index (χ1) is 8.13. The van der Waals surface area contributed by atoms with Crippen LogP contribution in [-0.4, -0.2) is 10.6 Å². The standard InChI is InChI=1S/C14H19ClN2/c1-4-17-11(9-16-10(2)3)8-12-13(15)6-5-7-14(12)17/h5-8,10,16H,4,9H2,1-3H3. The van der Waals surface area contributed by atoms with Crippen molar-refractivity contribution in [2.45, 2.75) is 39.9 Å². The van der Waals surface area contributed by atoms with Crippen LogP contribution < -0.4 is 5.32 Å². The molecule has 1 aromatic carbocycles. The number of aryl methyl sites for hydroxylation is 1. The van der Waals surface area contributed by atoms with Gasteiger partial charge in [0.15, 0.2) is 0 Å². The summed E-state index contributed by atoms with van der Waals surface area (Å²) in [6.45, 7) is 8.34. The Labute approximate surface area is 108 Å². The van der Waals surface area contributed by atoms with Crippen molar-refractivity contribution in [3.8, 4) is 0 Å². The summed E-state index contributed by atoms with van der Waals surface area (Å²) in [7, 11) is 0. The van der Waals surface area contributed by atoms with Crippen molar-refractivity contribution in [3.63, 3.8) is 0 Å². The van der Waals surface area contributed by atoms with E-state index in [0.717, 1.165) is 23.5 Å². The van der Waals surface area contributed by atoms with E-state index in [4.69, 9.17) is 11.6 Å². The molecule has 2 nitrogen and oxygen atoms in total. The first-order valence-corrected chi connectivity index (χ1v) is 6.51. The van der Waals surface area contributed by atoms with Crippen LogP contribution >= 0.6 is 11.6 Å². The molecule has 0 amide bonds. The molecule has 1 N–H and O–H groups in total. The van der Waals surface area contributed by atoms with Crippen LogP contribution in [0.5, 0.6) is 0 Å². The van der Waals surface area contributed by atoms with Gasteiger partial charge in [-0.15, -0.1) is 0 Å². The Bertz CT molecular complexity index is 514. The highest BCUT2D eigenvalue weighted by Gasteiger charge is 2.09. The van der Waals surface area contributed by atoms with Gasteiger partial charge in [0.2, 0.25) is 0 Å². The van der Waals surface area contributed by atoms with Crippen LogP contribution in [0.1, 0.15) is 26.5 Å². The summed E-state index contributed by atoms with van der Waals surface area (Å²) in [6.07, 6.45) is 0. The van der Waals surface area contributed by atoms with E-state index in [1.807, 2.05) is 12.1 Å². The van der Waals surface area contributed by atoms with Crippen LogP contribution in [-0.2, 0) is 13.1 Å². The van der Waals surface area contributed by atoms with Gasteiger partial charge in [0.05, 0.1) is 0 Å². The number of nitrogens with zero attached hydrogens (tertiary/aromatic N) is 1. The average molecular weight is 251 g/mol. The molecule has 92 valence electrons. The van der Waals surface area contributed by atoms with Crippen LogP contribution in [0.25, 0.3) is 10.9 Å². The third-order valence-corrected chi connectivity index (χ3v) is 3.32. The van der Waals surface area contributed by atoms with E-state index in [0.29, 0.717) is 6.04 Å². The maximum absolute atomic E-state index is 6.23. The van der Waals surface area contributed by atoms with E-state index in [2.05, 4.69) is 42.8 Å². The fraction of sp³-hybridized carbons (Fsp3) is 0.429. The Morgan fingerprint density at radius 2 is 2.12 bits per heavy atom. The van der Waals surface area contributed by atoms with Gasteiger partial charge in [0.25, 0.3) is 0 Å². The van der Waals surface area contributed by atoms with Crippen molar-refractivity contribution in [3.05, 3.63) is 35.0 Å². The van der Waals surface area contributed by atoms with E-state index in [1.165, 1.54) is 11.2 Å². The highest BCUT2D eigenvalue weighted by Crippen LogP contribution is 2.26. The molecule has 0 spiro atoms. The molecule has 1 heterocycles. The summed E-state index contributed by atoms with van der Waals surface area (Å²) >= 11 is 6.23. The normalized spacial score (nSPS) is 11.6. The van der Waals surface area contributed by atoms with Crippen LogP contribution in [0.15, 0.2) is 24.3 Å². The summed E-state index contributed by atoms with van der Waals surface area (Å²) in [5, 5.41) is 5.44. The molecule has 3 heteroatoms. The zero-order chi connectivity index (χ0) is 12.4. The van der Waals surface area contributed by atoms with E-state index < -0.39 is 0 Å². The molecule has 0 aliphatic carbocycles. The Morgan fingerprint density at radius 3 is 2.76 bits per heavy atom. The van der Waals surface area contributed by atoms with E-state index >= 15 is 0 Å². The molecule has 0 unspecified atom stereocenters. The molecule has 0 atom stereocenters. The molecule has 0 bridgehead atoms. The van der Waals surface area contributed by atoms with Gasteiger partial charge < -0.3 is 9.88 Å². The molecule has 0 fully saturated rings. The number of rotatable bonds is 4. The first kappa shape index (κ1) is 12.5. The molecular formula is C14H19ClN2. The number of nitrogens with one attached hydrogen (secondary N) is 1. The molecule has 17 heavy (non-hydrogen) atoms. The minimum Gasteiger partial charge on any atom is -0.344 e. The van der Waals surface area contributed by atoms with Crippen molar-refractivity contribution in [2.24, 2.45) is 0 Å². The minimum absolute atomic E-state index is 0.494. The van der Waals surface area contributed by atoms with Gasteiger partial charge in [-0.25, -0.2) is 0 Å². The van der Waals surface area contributed by atoms with Crippen molar-refractivity contribution < 1.29 is 0 Å². The first-order valence-electron chi connectivity index (χ1n) is 6.13. The summed E-state index contributed by atoms with van der Waals surface area (Å²) in [6, 6.07) is 8.77. The molecule has 0 saturated carbocycles. The lowest BCUT2D eigenvalue weighted by atomic mass is 10.2. The van der Waals surface area contributed by atoms with Crippen LogP contribution in [0.3, 0.4) is 0 Å². The van der Waals surface area contributed by atoms with Gasteiger partial charge in [-0.05, 0) is 25.1 Å². The molecule has 0 saturated heterocycles. The lowest BCUT2D eigenvalue weighted by Crippen LogP contribution is -2.23. The average Bonchev–Trinajstić information content (AvgIpc) is 2.65. The van der Waals surface area contributed by atoms with Crippen molar-refractivity contribution in [1.82, 2.24) is 9.88 Å². The summed E-state index contributed by atoms with van der Waals surface area (Å²) in [4.78, 5) is 0. The van der Waals surface area contributed by atoms with E-state index in [1.54, 1.807) is 0 Å². The summed E-state index contributed by atoms with van der Waals surface area (Å²) < 4.78 is 2.32. The fourth-order valence-electron chi connectivity index (χ4n) is 2.13. The molecule has 0 aliphatic heterocycles. The van der Waals surface area contributed by atoms with Gasteiger partial charge in [0, 0.05) is 40.8 Å². The van der Waals surface area contributed by atoms with Gasteiger partial charge in [-0.1, -0.05) is 31.5 Å². The zero-order valence-electron chi connectivity index (χ0n) is 10.6. The molecular weight excluding hydrogens is 232 g/mol. The smallest absolute Gasteiger partial charge is 0.0499 e. The molecule has 1 aromatic heterocycles. The van der Waals surface area contributed by atoms with E-state index in [-0.39, 0.29) is 0 Å². The van der Waals surface area contributed by atoms with Crippen LogP contribution in [0, 0.1) is 0 Å². The number of hydrogen-bond acceptors (Lipinski definition) is 1. The van der Waals surface area contributed by atoms with Gasteiger partial charge in [-0.2, -0.15) is 0 Å². The lowest BCUT2D eigenvalue weighted by Gasteiger charge is -2.11. The zero-order valence-corrected chi connectivity index (χ0v) is 11.4. The van der Waals surface area contributed by atoms with Crippen molar-refractivity contribution in [2.75, 3.05) is 0 Å². The lowest BCUT2D eigenvalue weighted by molar-refractivity contribution is 0.564. The fourth-order valence-corrected chi connectivity index (χ4v) is 2.36. The van der Waals surface area contributed by atoms with Crippen LogP contribution in [0.2, 0.25) is 5.02 Å².